The lowest BCUT2D eigenvalue weighted by Crippen LogP contribution is -2.46. The lowest BCUT2D eigenvalue weighted by Gasteiger charge is -2.26. The molecular formula is C12H20N4O3. The van der Waals surface area contributed by atoms with Gasteiger partial charge in [0, 0.05) is 52.4 Å². The second-order valence-corrected chi connectivity index (χ2v) is 4.46. The van der Waals surface area contributed by atoms with Gasteiger partial charge in [-0.2, -0.15) is 0 Å². The number of amides is 1. The van der Waals surface area contributed by atoms with E-state index in [-0.39, 0.29) is 5.91 Å². The van der Waals surface area contributed by atoms with Gasteiger partial charge in [-0.25, -0.2) is 0 Å². The molecule has 0 spiro atoms. The van der Waals surface area contributed by atoms with Crippen LogP contribution in [-0.4, -0.2) is 62.3 Å². The van der Waals surface area contributed by atoms with Gasteiger partial charge in [0.15, 0.2) is 11.5 Å². The van der Waals surface area contributed by atoms with Crippen LogP contribution >= 0.6 is 0 Å². The summed E-state index contributed by atoms with van der Waals surface area (Å²) in [5.41, 5.74) is 0.298. The van der Waals surface area contributed by atoms with Crippen molar-refractivity contribution in [3.8, 4) is 0 Å². The fourth-order valence-electron chi connectivity index (χ4n) is 1.98. The predicted octanol–water partition coefficient (Wildman–Crippen LogP) is -0.544. The van der Waals surface area contributed by atoms with Gasteiger partial charge in [-0.3, -0.25) is 9.69 Å². The second kappa shape index (κ2) is 7.22. The van der Waals surface area contributed by atoms with Crippen LogP contribution in [0.1, 0.15) is 16.2 Å². The SMILES string of the molecule is COCc1cc(C(=O)NCCN2CCNCC2)no1. The topological polar surface area (TPSA) is 79.6 Å². The van der Waals surface area contributed by atoms with Gasteiger partial charge in [0.2, 0.25) is 0 Å². The summed E-state index contributed by atoms with van der Waals surface area (Å²) in [5.74, 6) is 0.344. The van der Waals surface area contributed by atoms with Crippen molar-refractivity contribution in [3.05, 3.63) is 17.5 Å². The van der Waals surface area contributed by atoms with Crippen LogP contribution in [-0.2, 0) is 11.3 Å². The maximum absolute atomic E-state index is 11.8. The van der Waals surface area contributed by atoms with E-state index in [1.165, 1.54) is 0 Å². The third kappa shape index (κ3) is 4.30. The molecule has 1 fully saturated rings. The Morgan fingerprint density at radius 3 is 3.11 bits per heavy atom. The van der Waals surface area contributed by atoms with Crippen molar-refractivity contribution < 1.29 is 14.1 Å². The number of piperazine rings is 1. The summed E-state index contributed by atoms with van der Waals surface area (Å²) in [5, 5.41) is 9.84. The Bertz CT molecular complexity index is 401. The number of ether oxygens (including phenoxy) is 1. The van der Waals surface area contributed by atoms with E-state index in [0.717, 1.165) is 32.7 Å². The molecule has 0 aliphatic carbocycles. The summed E-state index contributed by atoms with van der Waals surface area (Å²) < 4.78 is 9.87. The van der Waals surface area contributed by atoms with Gasteiger partial charge < -0.3 is 19.9 Å². The first-order valence-electron chi connectivity index (χ1n) is 6.45. The quantitative estimate of drug-likeness (QED) is 0.721. The van der Waals surface area contributed by atoms with Gasteiger partial charge in [-0.1, -0.05) is 5.16 Å². The van der Waals surface area contributed by atoms with Gasteiger partial charge in [0.1, 0.15) is 6.61 Å². The van der Waals surface area contributed by atoms with Crippen LogP contribution in [0.15, 0.2) is 10.6 Å². The molecule has 1 aliphatic rings. The largest absolute Gasteiger partial charge is 0.377 e. The van der Waals surface area contributed by atoms with E-state index < -0.39 is 0 Å². The normalized spacial score (nSPS) is 16.5. The van der Waals surface area contributed by atoms with Gasteiger partial charge >= 0.3 is 0 Å². The van der Waals surface area contributed by atoms with Crippen molar-refractivity contribution >= 4 is 5.91 Å². The summed E-state index contributed by atoms with van der Waals surface area (Å²) in [7, 11) is 1.57. The van der Waals surface area contributed by atoms with Crippen LogP contribution in [0.5, 0.6) is 0 Å². The highest BCUT2D eigenvalue weighted by atomic mass is 16.5. The number of hydrogen-bond acceptors (Lipinski definition) is 6. The maximum atomic E-state index is 11.8. The third-order valence-electron chi connectivity index (χ3n) is 3.00. The summed E-state index contributed by atoms with van der Waals surface area (Å²) in [6.45, 7) is 5.87. The van der Waals surface area contributed by atoms with Crippen LogP contribution < -0.4 is 10.6 Å². The molecular weight excluding hydrogens is 248 g/mol. The molecule has 2 heterocycles. The zero-order valence-corrected chi connectivity index (χ0v) is 11.1. The van der Waals surface area contributed by atoms with E-state index in [1.807, 2.05) is 0 Å². The molecule has 1 aliphatic heterocycles. The van der Waals surface area contributed by atoms with Crippen molar-refractivity contribution in [1.29, 1.82) is 0 Å². The second-order valence-electron chi connectivity index (χ2n) is 4.46. The summed E-state index contributed by atoms with van der Waals surface area (Å²) >= 11 is 0. The molecule has 0 bridgehead atoms. The third-order valence-corrected chi connectivity index (χ3v) is 3.00. The zero-order valence-electron chi connectivity index (χ0n) is 11.1. The molecule has 2 rings (SSSR count). The van der Waals surface area contributed by atoms with Crippen molar-refractivity contribution in [1.82, 2.24) is 20.7 Å². The monoisotopic (exact) mass is 268 g/mol. The first-order valence-corrected chi connectivity index (χ1v) is 6.45. The smallest absolute Gasteiger partial charge is 0.273 e. The standard InChI is InChI=1S/C12H20N4O3/c1-18-9-10-8-11(15-19-10)12(17)14-4-7-16-5-2-13-3-6-16/h8,13H,2-7,9H2,1H3,(H,14,17). The van der Waals surface area contributed by atoms with Crippen molar-refractivity contribution in [2.75, 3.05) is 46.4 Å². The van der Waals surface area contributed by atoms with E-state index >= 15 is 0 Å². The average molecular weight is 268 g/mol. The lowest BCUT2D eigenvalue weighted by molar-refractivity contribution is 0.0937. The Morgan fingerprint density at radius 2 is 2.37 bits per heavy atom. The Labute approximate surface area is 112 Å². The minimum absolute atomic E-state index is 0.207. The van der Waals surface area contributed by atoms with Crippen molar-refractivity contribution in [2.24, 2.45) is 0 Å². The number of nitrogens with one attached hydrogen (secondary N) is 2. The number of carbonyl (C=O) groups is 1. The molecule has 0 saturated carbocycles. The predicted molar refractivity (Wildman–Crippen MR) is 68.9 cm³/mol. The molecule has 7 heteroatoms. The van der Waals surface area contributed by atoms with E-state index in [1.54, 1.807) is 13.2 Å². The minimum atomic E-state index is -0.207. The lowest BCUT2D eigenvalue weighted by atomic mass is 10.3. The van der Waals surface area contributed by atoms with Crippen LogP contribution in [0.25, 0.3) is 0 Å². The molecule has 2 N–H and O–H groups in total. The van der Waals surface area contributed by atoms with Crippen LogP contribution in [0.3, 0.4) is 0 Å². The molecule has 106 valence electrons. The molecule has 1 saturated heterocycles. The molecule has 1 aromatic heterocycles. The first-order chi connectivity index (χ1) is 9.29. The average Bonchev–Trinajstić information content (AvgIpc) is 2.89. The number of rotatable bonds is 6. The van der Waals surface area contributed by atoms with Crippen molar-refractivity contribution in [2.45, 2.75) is 6.61 Å². The fraction of sp³-hybridized carbons (Fsp3) is 0.667. The van der Waals surface area contributed by atoms with E-state index in [2.05, 4.69) is 20.7 Å². The van der Waals surface area contributed by atoms with Crippen LogP contribution in [0.2, 0.25) is 0 Å². The number of hydrogen-bond donors (Lipinski definition) is 2. The zero-order chi connectivity index (χ0) is 13.5. The number of methoxy groups -OCH3 is 1. The van der Waals surface area contributed by atoms with Gasteiger partial charge in [0.05, 0.1) is 0 Å². The summed E-state index contributed by atoms with van der Waals surface area (Å²) in [6, 6.07) is 1.60. The molecule has 1 amide bonds. The Hall–Kier alpha value is -1.44. The highest BCUT2D eigenvalue weighted by Gasteiger charge is 2.13. The Balaban J connectivity index is 1.70. The summed E-state index contributed by atoms with van der Waals surface area (Å²) in [6.07, 6.45) is 0. The molecule has 1 aromatic rings. The molecule has 0 atom stereocenters. The van der Waals surface area contributed by atoms with Crippen LogP contribution in [0.4, 0.5) is 0 Å². The minimum Gasteiger partial charge on any atom is -0.377 e. The molecule has 0 aromatic carbocycles. The number of aromatic nitrogens is 1. The Kier molecular flexibility index (Phi) is 5.31. The number of nitrogens with zero attached hydrogens (tertiary/aromatic N) is 2. The first kappa shape index (κ1) is 14.0. The Morgan fingerprint density at radius 1 is 1.58 bits per heavy atom. The van der Waals surface area contributed by atoms with Gasteiger partial charge in [-0.05, 0) is 0 Å². The number of carbonyl (C=O) groups excluding carboxylic acids is 1. The van der Waals surface area contributed by atoms with E-state index in [0.29, 0.717) is 24.6 Å². The molecule has 0 unspecified atom stereocenters. The molecule has 19 heavy (non-hydrogen) atoms. The maximum Gasteiger partial charge on any atom is 0.273 e. The van der Waals surface area contributed by atoms with E-state index in [4.69, 9.17) is 9.26 Å². The van der Waals surface area contributed by atoms with Gasteiger partial charge in [-0.15, -0.1) is 0 Å². The van der Waals surface area contributed by atoms with E-state index in [9.17, 15) is 4.79 Å². The molecule has 0 radical (unpaired) electrons. The highest BCUT2D eigenvalue weighted by molar-refractivity contribution is 5.92. The molecule has 7 nitrogen and oxygen atoms in total. The van der Waals surface area contributed by atoms with Gasteiger partial charge in [0.25, 0.3) is 5.91 Å². The summed E-state index contributed by atoms with van der Waals surface area (Å²) in [4.78, 5) is 14.1. The highest BCUT2D eigenvalue weighted by Crippen LogP contribution is 2.04. The van der Waals surface area contributed by atoms with Crippen molar-refractivity contribution in [3.63, 3.8) is 0 Å². The fourth-order valence-corrected chi connectivity index (χ4v) is 1.98. The van der Waals surface area contributed by atoms with Crippen LogP contribution in [0, 0.1) is 0 Å².